The lowest BCUT2D eigenvalue weighted by Gasteiger charge is -2.36. The van der Waals surface area contributed by atoms with Crippen LogP contribution in [0.3, 0.4) is 0 Å². The molecule has 1 amide bonds. The molecule has 0 radical (unpaired) electrons. The molecule has 3 aromatic rings. The van der Waals surface area contributed by atoms with E-state index in [-0.39, 0.29) is 12.5 Å². The standard InChI is InChI=1S/C28H37N3O5S/c1-20-17-21(28(32)29-19-26(34-3)35-4)18-24(33-2)27(20)36-15-6-10-30-11-13-31(14-12-30)23-7-5-8-25-22(23)9-16-37-25/h5,7-9,16-18,26H,6,10-15,19H2,1-4H3,(H,29,32). The summed E-state index contributed by atoms with van der Waals surface area (Å²) in [6.07, 6.45) is 0.424. The van der Waals surface area contributed by atoms with Crippen LogP contribution >= 0.6 is 11.3 Å². The number of nitrogens with zero attached hydrogens (tertiary/aromatic N) is 2. The van der Waals surface area contributed by atoms with Crippen molar-refractivity contribution >= 4 is 33.0 Å². The zero-order chi connectivity index (χ0) is 26.2. The summed E-state index contributed by atoms with van der Waals surface area (Å²) in [5.74, 6) is 1.01. The number of piperazine rings is 1. The van der Waals surface area contributed by atoms with Crippen LogP contribution in [-0.2, 0) is 9.47 Å². The van der Waals surface area contributed by atoms with Crippen molar-refractivity contribution in [2.24, 2.45) is 0 Å². The summed E-state index contributed by atoms with van der Waals surface area (Å²) in [6.45, 7) is 7.89. The van der Waals surface area contributed by atoms with Crippen molar-refractivity contribution in [3.63, 3.8) is 0 Å². The van der Waals surface area contributed by atoms with E-state index in [0.717, 1.165) is 44.7 Å². The van der Waals surface area contributed by atoms with Gasteiger partial charge in [-0.05, 0) is 54.6 Å². The van der Waals surface area contributed by atoms with Crippen LogP contribution in [0.4, 0.5) is 5.69 Å². The Bertz CT molecular complexity index is 1170. The van der Waals surface area contributed by atoms with Crippen LogP contribution in [0.15, 0.2) is 41.8 Å². The highest BCUT2D eigenvalue weighted by Crippen LogP contribution is 2.33. The molecule has 4 rings (SSSR count). The molecule has 2 heterocycles. The third-order valence-corrected chi connectivity index (χ3v) is 7.61. The first-order chi connectivity index (χ1) is 18.0. The van der Waals surface area contributed by atoms with Crippen LogP contribution in [0, 0.1) is 6.92 Å². The first kappa shape index (κ1) is 27.2. The lowest BCUT2D eigenvalue weighted by molar-refractivity contribution is -0.0974. The average Bonchev–Trinajstić information content (AvgIpc) is 3.41. The van der Waals surface area contributed by atoms with Crippen LogP contribution in [0.5, 0.6) is 11.5 Å². The molecule has 1 fully saturated rings. The van der Waals surface area contributed by atoms with E-state index >= 15 is 0 Å². The molecule has 1 aliphatic rings. The number of benzene rings is 2. The fraction of sp³-hybridized carbons (Fsp3) is 0.464. The molecule has 0 saturated carbocycles. The van der Waals surface area contributed by atoms with Crippen molar-refractivity contribution in [1.29, 1.82) is 0 Å². The van der Waals surface area contributed by atoms with Gasteiger partial charge in [-0.2, -0.15) is 0 Å². The van der Waals surface area contributed by atoms with Gasteiger partial charge in [-0.25, -0.2) is 0 Å². The van der Waals surface area contributed by atoms with Gasteiger partial charge in [-0.3, -0.25) is 9.69 Å². The van der Waals surface area contributed by atoms with Gasteiger partial charge < -0.3 is 29.2 Å². The Balaban J connectivity index is 1.24. The van der Waals surface area contributed by atoms with E-state index < -0.39 is 6.29 Å². The van der Waals surface area contributed by atoms with E-state index in [1.54, 1.807) is 24.5 Å². The lowest BCUT2D eigenvalue weighted by atomic mass is 10.1. The van der Waals surface area contributed by atoms with E-state index in [9.17, 15) is 4.79 Å². The van der Waals surface area contributed by atoms with Gasteiger partial charge in [0.25, 0.3) is 5.91 Å². The number of amides is 1. The van der Waals surface area contributed by atoms with Crippen molar-refractivity contribution < 1.29 is 23.7 Å². The molecule has 1 aromatic heterocycles. The van der Waals surface area contributed by atoms with E-state index in [4.69, 9.17) is 18.9 Å². The zero-order valence-corrected chi connectivity index (χ0v) is 22.9. The van der Waals surface area contributed by atoms with Gasteiger partial charge >= 0.3 is 0 Å². The topological polar surface area (TPSA) is 72.5 Å². The van der Waals surface area contributed by atoms with Gasteiger partial charge in [-0.15, -0.1) is 11.3 Å². The molecular weight excluding hydrogens is 490 g/mol. The number of rotatable bonds is 12. The van der Waals surface area contributed by atoms with E-state index in [1.165, 1.54) is 30.0 Å². The monoisotopic (exact) mass is 527 g/mol. The van der Waals surface area contributed by atoms with Crippen LogP contribution in [0.1, 0.15) is 22.3 Å². The summed E-state index contributed by atoms with van der Waals surface area (Å²) >= 11 is 1.80. The largest absolute Gasteiger partial charge is 0.493 e. The van der Waals surface area contributed by atoms with Gasteiger partial charge in [0.1, 0.15) is 0 Å². The molecule has 0 unspecified atom stereocenters. The van der Waals surface area contributed by atoms with Gasteiger partial charge in [0.05, 0.1) is 20.3 Å². The molecule has 1 aliphatic heterocycles. The number of fused-ring (bicyclic) bond motifs is 1. The Hall–Kier alpha value is -2.85. The first-order valence-electron chi connectivity index (χ1n) is 12.6. The fourth-order valence-electron chi connectivity index (χ4n) is 4.68. The number of nitrogens with one attached hydrogen (secondary N) is 1. The predicted octanol–water partition coefficient (Wildman–Crippen LogP) is 4.16. The fourth-order valence-corrected chi connectivity index (χ4v) is 5.49. The maximum atomic E-state index is 12.6. The van der Waals surface area contributed by atoms with E-state index in [1.807, 2.05) is 13.0 Å². The molecule has 37 heavy (non-hydrogen) atoms. The molecule has 0 aliphatic carbocycles. The minimum absolute atomic E-state index is 0.221. The number of anilines is 1. The van der Waals surface area contributed by atoms with Crippen molar-refractivity contribution in [3.05, 3.63) is 52.9 Å². The molecule has 1 N–H and O–H groups in total. The number of thiophene rings is 1. The average molecular weight is 528 g/mol. The molecular formula is C28H37N3O5S. The number of carbonyl (C=O) groups excluding carboxylic acids is 1. The van der Waals surface area contributed by atoms with Crippen molar-refractivity contribution in [2.45, 2.75) is 19.6 Å². The number of ether oxygens (including phenoxy) is 4. The second-order valence-corrected chi connectivity index (χ2v) is 10.0. The number of aryl methyl sites for hydroxylation is 1. The number of hydrogen-bond donors (Lipinski definition) is 1. The molecule has 9 heteroatoms. The molecule has 8 nitrogen and oxygen atoms in total. The summed E-state index contributed by atoms with van der Waals surface area (Å²) in [6, 6.07) is 12.3. The molecule has 200 valence electrons. The highest BCUT2D eigenvalue weighted by Gasteiger charge is 2.19. The van der Waals surface area contributed by atoms with Gasteiger partial charge in [0.15, 0.2) is 17.8 Å². The first-order valence-corrected chi connectivity index (χ1v) is 13.5. The van der Waals surface area contributed by atoms with Crippen LogP contribution in [0.2, 0.25) is 0 Å². The van der Waals surface area contributed by atoms with Gasteiger partial charge in [0.2, 0.25) is 0 Å². The van der Waals surface area contributed by atoms with Gasteiger partial charge in [0, 0.05) is 68.3 Å². The van der Waals surface area contributed by atoms with Crippen molar-refractivity contribution in [1.82, 2.24) is 10.2 Å². The molecule has 0 bridgehead atoms. The summed E-state index contributed by atoms with van der Waals surface area (Å²) in [7, 11) is 4.66. The molecule has 1 saturated heterocycles. The van der Waals surface area contributed by atoms with Crippen LogP contribution < -0.4 is 19.7 Å². The maximum Gasteiger partial charge on any atom is 0.251 e. The minimum atomic E-state index is -0.493. The zero-order valence-electron chi connectivity index (χ0n) is 22.1. The Morgan fingerprint density at radius 3 is 2.59 bits per heavy atom. The highest BCUT2D eigenvalue weighted by molar-refractivity contribution is 7.17. The van der Waals surface area contributed by atoms with Crippen LogP contribution in [0.25, 0.3) is 10.1 Å². The summed E-state index contributed by atoms with van der Waals surface area (Å²) in [5, 5.41) is 6.34. The third kappa shape index (κ3) is 6.73. The number of carbonyl (C=O) groups is 1. The summed E-state index contributed by atoms with van der Waals surface area (Å²) < 4.78 is 23.3. The summed E-state index contributed by atoms with van der Waals surface area (Å²) in [5.41, 5.74) is 2.71. The molecule has 2 aromatic carbocycles. The van der Waals surface area contributed by atoms with Gasteiger partial charge in [-0.1, -0.05) is 6.07 Å². The third-order valence-electron chi connectivity index (χ3n) is 6.73. The molecule has 0 atom stereocenters. The Morgan fingerprint density at radius 2 is 1.86 bits per heavy atom. The van der Waals surface area contributed by atoms with Crippen LogP contribution in [-0.4, -0.2) is 84.3 Å². The van der Waals surface area contributed by atoms with E-state index in [0.29, 0.717) is 23.7 Å². The van der Waals surface area contributed by atoms with E-state index in [2.05, 4.69) is 44.8 Å². The van der Waals surface area contributed by atoms with Crippen molar-refractivity contribution in [3.8, 4) is 11.5 Å². The number of hydrogen-bond acceptors (Lipinski definition) is 8. The Kier molecular flexibility index (Phi) is 9.62. The smallest absolute Gasteiger partial charge is 0.251 e. The second-order valence-electron chi connectivity index (χ2n) is 9.08. The molecule has 0 spiro atoms. The Labute approximate surface area is 223 Å². The summed E-state index contributed by atoms with van der Waals surface area (Å²) in [4.78, 5) is 17.6. The predicted molar refractivity (Wildman–Crippen MR) is 148 cm³/mol. The lowest BCUT2D eigenvalue weighted by Crippen LogP contribution is -2.46. The van der Waals surface area contributed by atoms with Crippen molar-refractivity contribution in [2.75, 3.05) is 72.1 Å². The highest BCUT2D eigenvalue weighted by atomic mass is 32.1. The SMILES string of the molecule is COc1cc(C(=O)NCC(OC)OC)cc(C)c1OCCCN1CCN(c2cccc3sccc23)CC1. The second kappa shape index (κ2) is 13.1. The minimum Gasteiger partial charge on any atom is -0.493 e. The maximum absolute atomic E-state index is 12.6. The normalized spacial score (nSPS) is 14.4. The Morgan fingerprint density at radius 1 is 1.08 bits per heavy atom. The number of methoxy groups -OCH3 is 3. The quantitative estimate of drug-likeness (QED) is 0.280.